The van der Waals surface area contributed by atoms with Gasteiger partial charge in [0, 0.05) is 24.9 Å². The van der Waals surface area contributed by atoms with Gasteiger partial charge in [0.25, 0.3) is 0 Å². The van der Waals surface area contributed by atoms with Gasteiger partial charge in [-0.1, -0.05) is 67.5 Å². The Balaban J connectivity index is 1.64. The Morgan fingerprint density at radius 2 is 2.08 bits per heavy atom. The van der Waals surface area contributed by atoms with Gasteiger partial charge in [-0.15, -0.1) is 0 Å². The molecule has 0 saturated heterocycles. The predicted octanol–water partition coefficient (Wildman–Crippen LogP) is 4.44. The van der Waals surface area contributed by atoms with Crippen molar-refractivity contribution in [2.24, 2.45) is 11.8 Å². The van der Waals surface area contributed by atoms with Gasteiger partial charge < -0.3 is 10.1 Å². The molecule has 2 nitrogen and oxygen atoms in total. The van der Waals surface area contributed by atoms with E-state index in [-0.39, 0.29) is 6.10 Å². The second kappa shape index (κ2) is 6.60. The van der Waals surface area contributed by atoms with Crippen LogP contribution >= 0.6 is 0 Å². The quantitative estimate of drug-likeness (QED) is 0.831. The van der Waals surface area contributed by atoms with Crippen molar-refractivity contribution in [1.82, 2.24) is 5.32 Å². The molecular weight excluding hydrogens is 294 g/mol. The zero-order chi connectivity index (χ0) is 16.5. The molecule has 1 aromatic rings. The van der Waals surface area contributed by atoms with Crippen molar-refractivity contribution in [2.45, 2.75) is 45.3 Å². The average molecular weight is 321 g/mol. The van der Waals surface area contributed by atoms with Gasteiger partial charge in [0.05, 0.1) is 0 Å². The van der Waals surface area contributed by atoms with Gasteiger partial charge >= 0.3 is 0 Å². The normalized spacial score (nSPS) is 29.0. The highest BCUT2D eigenvalue weighted by atomic mass is 16.5. The highest BCUT2D eigenvalue weighted by molar-refractivity contribution is 5.39. The zero-order valence-electron chi connectivity index (χ0n) is 14.7. The van der Waals surface area contributed by atoms with Crippen LogP contribution in [0.15, 0.2) is 59.7 Å². The molecule has 0 aromatic heterocycles. The lowest BCUT2D eigenvalue weighted by Crippen LogP contribution is -2.48. The van der Waals surface area contributed by atoms with Crippen LogP contribution in [0.5, 0.6) is 5.75 Å². The van der Waals surface area contributed by atoms with E-state index in [1.54, 1.807) is 0 Å². The molecule has 0 spiro atoms. The zero-order valence-corrected chi connectivity index (χ0v) is 14.7. The molecule has 4 rings (SSSR count). The summed E-state index contributed by atoms with van der Waals surface area (Å²) >= 11 is 0. The lowest BCUT2D eigenvalue weighted by Gasteiger charge is -2.37. The van der Waals surface area contributed by atoms with Gasteiger partial charge in [0.1, 0.15) is 11.9 Å². The monoisotopic (exact) mass is 321 g/mol. The molecule has 2 heteroatoms. The van der Waals surface area contributed by atoms with Gasteiger partial charge in [0.15, 0.2) is 0 Å². The first-order valence-corrected chi connectivity index (χ1v) is 9.26. The van der Waals surface area contributed by atoms with Crippen LogP contribution in [0.4, 0.5) is 0 Å². The van der Waals surface area contributed by atoms with Crippen LogP contribution < -0.4 is 10.1 Å². The Labute approximate surface area is 145 Å². The number of para-hydroxylation sites is 1. The Morgan fingerprint density at radius 1 is 1.21 bits per heavy atom. The van der Waals surface area contributed by atoms with Crippen molar-refractivity contribution >= 4 is 0 Å². The molecule has 3 aliphatic rings. The van der Waals surface area contributed by atoms with E-state index in [0.29, 0.717) is 17.9 Å². The van der Waals surface area contributed by atoms with Crippen molar-refractivity contribution in [3.05, 3.63) is 65.3 Å². The van der Waals surface area contributed by atoms with Crippen molar-refractivity contribution < 1.29 is 4.74 Å². The smallest absolute Gasteiger partial charge is 0.123 e. The summed E-state index contributed by atoms with van der Waals surface area (Å²) in [5.74, 6) is 2.06. The summed E-state index contributed by atoms with van der Waals surface area (Å²) in [5, 5.41) is 3.82. The molecule has 2 heterocycles. The number of rotatable bonds is 3. The second-order valence-electron chi connectivity index (χ2n) is 7.51. The number of hydrogen-bond acceptors (Lipinski definition) is 2. The van der Waals surface area contributed by atoms with E-state index in [4.69, 9.17) is 4.74 Å². The van der Waals surface area contributed by atoms with Crippen molar-refractivity contribution in [2.75, 3.05) is 6.54 Å². The minimum absolute atomic E-state index is 0.237. The fourth-order valence-corrected chi connectivity index (χ4v) is 4.17. The first-order chi connectivity index (χ1) is 11.7. The third kappa shape index (κ3) is 2.95. The maximum atomic E-state index is 6.37. The largest absolute Gasteiger partial charge is 0.489 e. The molecule has 0 amide bonds. The van der Waals surface area contributed by atoms with E-state index in [1.807, 2.05) is 0 Å². The lowest BCUT2D eigenvalue weighted by molar-refractivity contribution is 0.159. The molecule has 24 heavy (non-hydrogen) atoms. The van der Waals surface area contributed by atoms with Crippen molar-refractivity contribution in [3.8, 4) is 5.75 Å². The topological polar surface area (TPSA) is 21.3 Å². The molecule has 0 fully saturated rings. The Bertz CT molecular complexity index is 673. The minimum Gasteiger partial charge on any atom is -0.489 e. The van der Waals surface area contributed by atoms with Crippen LogP contribution in [0.2, 0.25) is 0 Å². The van der Waals surface area contributed by atoms with Gasteiger partial charge in [-0.05, 0) is 30.4 Å². The molecule has 2 aliphatic heterocycles. The molecule has 0 radical (unpaired) electrons. The minimum atomic E-state index is 0.237. The molecule has 0 bridgehead atoms. The Morgan fingerprint density at radius 3 is 2.83 bits per heavy atom. The summed E-state index contributed by atoms with van der Waals surface area (Å²) in [4.78, 5) is 0. The van der Waals surface area contributed by atoms with Crippen molar-refractivity contribution in [3.63, 3.8) is 0 Å². The maximum absolute atomic E-state index is 6.37. The van der Waals surface area contributed by atoms with E-state index in [2.05, 4.69) is 67.7 Å². The fraction of sp³-hybridized carbons (Fsp3) is 0.455. The highest BCUT2D eigenvalue weighted by Gasteiger charge is 2.37. The highest BCUT2D eigenvalue weighted by Crippen LogP contribution is 2.37. The molecule has 1 aliphatic carbocycles. The van der Waals surface area contributed by atoms with E-state index >= 15 is 0 Å². The number of fused-ring (bicyclic) bond motifs is 1. The fourth-order valence-electron chi connectivity index (χ4n) is 4.17. The maximum Gasteiger partial charge on any atom is 0.123 e. The van der Waals surface area contributed by atoms with Gasteiger partial charge in [0.2, 0.25) is 0 Å². The number of nitrogens with one attached hydrogen (secondary N) is 1. The summed E-state index contributed by atoms with van der Waals surface area (Å²) in [7, 11) is 0. The van der Waals surface area contributed by atoms with Crippen molar-refractivity contribution in [1.29, 1.82) is 0 Å². The first kappa shape index (κ1) is 15.7. The van der Waals surface area contributed by atoms with Gasteiger partial charge in [-0.25, -0.2) is 0 Å². The summed E-state index contributed by atoms with van der Waals surface area (Å²) in [6, 6.07) is 8.90. The second-order valence-corrected chi connectivity index (χ2v) is 7.51. The molecule has 1 N–H and O–H groups in total. The third-order valence-electron chi connectivity index (χ3n) is 5.61. The number of benzene rings is 1. The van der Waals surface area contributed by atoms with Crippen LogP contribution in [0.1, 0.15) is 32.3 Å². The molecule has 3 unspecified atom stereocenters. The summed E-state index contributed by atoms with van der Waals surface area (Å²) in [6.45, 7) is 5.58. The van der Waals surface area contributed by atoms with Crippen LogP contribution in [0.3, 0.4) is 0 Å². The molecule has 0 saturated carbocycles. The SMILES string of the molecule is CC(C)C1=CC(C2Cc3ccccc3O2)C(C2=CC=CCC2)NC1. The first-order valence-electron chi connectivity index (χ1n) is 9.26. The van der Waals surface area contributed by atoms with Gasteiger partial charge in [-0.3, -0.25) is 0 Å². The summed E-state index contributed by atoms with van der Waals surface area (Å²) in [5.41, 5.74) is 4.40. The van der Waals surface area contributed by atoms with E-state index in [9.17, 15) is 0 Å². The lowest BCUT2D eigenvalue weighted by atomic mass is 9.79. The van der Waals surface area contributed by atoms with Crippen LogP contribution in [-0.2, 0) is 6.42 Å². The van der Waals surface area contributed by atoms with Crippen LogP contribution in [-0.4, -0.2) is 18.7 Å². The summed E-state index contributed by atoms with van der Waals surface area (Å²) in [6.07, 6.45) is 12.9. The van der Waals surface area contributed by atoms with E-state index in [0.717, 1.165) is 31.6 Å². The van der Waals surface area contributed by atoms with E-state index < -0.39 is 0 Å². The molecular formula is C22H27NO. The van der Waals surface area contributed by atoms with Crippen LogP contribution in [0, 0.1) is 11.8 Å². The average Bonchev–Trinajstić information content (AvgIpc) is 3.06. The summed E-state index contributed by atoms with van der Waals surface area (Å²) < 4.78 is 6.37. The molecule has 126 valence electrons. The Hall–Kier alpha value is -1.80. The number of ether oxygens (including phenoxy) is 1. The number of hydrogen-bond donors (Lipinski definition) is 1. The standard InChI is InChI=1S/C22H27NO/c1-15(2)18-12-19(21-13-17-10-6-7-11-20(17)24-21)22(23-14-18)16-8-4-3-5-9-16/h3-4,6-8,10-12,15,19,21-23H,5,9,13-14H2,1-2H3. The number of allylic oxidation sites excluding steroid dienone is 3. The van der Waals surface area contributed by atoms with E-state index in [1.165, 1.54) is 16.7 Å². The van der Waals surface area contributed by atoms with Crippen LogP contribution in [0.25, 0.3) is 0 Å². The molecule has 1 aromatic carbocycles. The third-order valence-corrected chi connectivity index (χ3v) is 5.61. The predicted molar refractivity (Wildman–Crippen MR) is 99.2 cm³/mol. The Kier molecular flexibility index (Phi) is 4.32. The van der Waals surface area contributed by atoms with Gasteiger partial charge in [-0.2, -0.15) is 0 Å². The molecule has 3 atom stereocenters.